The molecule has 3 nitrogen and oxygen atoms in total. The van der Waals surface area contributed by atoms with Crippen molar-refractivity contribution in [3.8, 4) is 5.88 Å². The van der Waals surface area contributed by atoms with Gasteiger partial charge in [-0.3, -0.25) is 4.79 Å². The summed E-state index contributed by atoms with van der Waals surface area (Å²) in [5.74, 6) is 2.62. The number of ether oxygens (including phenoxy) is 1. The Balaban J connectivity index is 1.93. The van der Waals surface area contributed by atoms with Crippen LogP contribution in [0.5, 0.6) is 5.88 Å². The molecule has 1 aromatic heterocycles. The van der Waals surface area contributed by atoms with Crippen molar-refractivity contribution in [2.45, 2.75) is 39.5 Å². The molecule has 0 amide bonds. The number of hydrogen-bond acceptors (Lipinski definition) is 3. The van der Waals surface area contributed by atoms with E-state index in [1.165, 1.54) is 6.42 Å². The topological polar surface area (TPSA) is 39.2 Å². The maximum atomic E-state index is 12.3. The molecule has 1 aliphatic carbocycles. The van der Waals surface area contributed by atoms with Crippen molar-refractivity contribution in [2.75, 3.05) is 7.11 Å². The van der Waals surface area contributed by atoms with Crippen molar-refractivity contribution >= 4 is 5.78 Å². The summed E-state index contributed by atoms with van der Waals surface area (Å²) in [5, 5.41) is 0. The van der Waals surface area contributed by atoms with E-state index in [2.05, 4.69) is 18.8 Å². The third-order valence-electron chi connectivity index (χ3n) is 4.44. The number of pyridine rings is 1. The van der Waals surface area contributed by atoms with Gasteiger partial charge in [0.25, 0.3) is 0 Å². The molecular formula is C16H23NO2. The van der Waals surface area contributed by atoms with Gasteiger partial charge in [-0.15, -0.1) is 0 Å². The van der Waals surface area contributed by atoms with Gasteiger partial charge >= 0.3 is 0 Å². The fourth-order valence-electron chi connectivity index (χ4n) is 2.82. The predicted octanol–water partition coefficient (Wildman–Crippen LogP) is 3.27. The first-order valence-corrected chi connectivity index (χ1v) is 7.11. The van der Waals surface area contributed by atoms with Crippen molar-refractivity contribution in [2.24, 2.45) is 17.8 Å². The summed E-state index contributed by atoms with van der Waals surface area (Å²) < 4.78 is 5.02. The summed E-state index contributed by atoms with van der Waals surface area (Å²) in [6.45, 7) is 4.55. The summed E-state index contributed by atoms with van der Waals surface area (Å²) in [6.07, 6.45) is 5.52. The molecule has 0 radical (unpaired) electrons. The van der Waals surface area contributed by atoms with Gasteiger partial charge in [-0.25, -0.2) is 4.98 Å². The molecule has 0 bridgehead atoms. The van der Waals surface area contributed by atoms with E-state index in [9.17, 15) is 4.79 Å². The third-order valence-corrected chi connectivity index (χ3v) is 4.44. The fourth-order valence-corrected chi connectivity index (χ4v) is 2.82. The molecule has 2 rings (SSSR count). The van der Waals surface area contributed by atoms with Crippen LogP contribution in [0.3, 0.4) is 0 Å². The molecule has 3 heteroatoms. The number of methoxy groups -OCH3 is 1. The lowest BCUT2D eigenvalue weighted by Gasteiger charge is -2.31. The Bertz CT molecular complexity index is 427. The van der Waals surface area contributed by atoms with Crippen LogP contribution < -0.4 is 4.74 Å². The number of rotatable bonds is 4. The van der Waals surface area contributed by atoms with E-state index in [0.717, 1.165) is 24.3 Å². The second-order valence-electron chi connectivity index (χ2n) is 5.82. The highest BCUT2D eigenvalue weighted by atomic mass is 16.5. The Morgan fingerprint density at radius 3 is 2.68 bits per heavy atom. The maximum absolute atomic E-state index is 12.3. The van der Waals surface area contributed by atoms with Crippen molar-refractivity contribution in [3.63, 3.8) is 0 Å². The molecule has 3 atom stereocenters. The van der Waals surface area contributed by atoms with Crippen LogP contribution >= 0.6 is 0 Å². The van der Waals surface area contributed by atoms with Crippen LogP contribution in [0.4, 0.5) is 0 Å². The van der Waals surface area contributed by atoms with Crippen molar-refractivity contribution in [3.05, 3.63) is 23.9 Å². The number of hydrogen-bond donors (Lipinski definition) is 0. The van der Waals surface area contributed by atoms with Crippen LogP contribution in [0.1, 0.15) is 38.7 Å². The molecule has 0 saturated heterocycles. The predicted molar refractivity (Wildman–Crippen MR) is 75.2 cm³/mol. The van der Waals surface area contributed by atoms with Crippen LogP contribution in [0.25, 0.3) is 0 Å². The molecule has 0 N–H and O–H groups in total. The normalized spacial score (nSPS) is 27.0. The van der Waals surface area contributed by atoms with Gasteiger partial charge in [0, 0.05) is 24.6 Å². The van der Waals surface area contributed by atoms with Crippen LogP contribution in [0, 0.1) is 17.8 Å². The second-order valence-corrected chi connectivity index (χ2v) is 5.82. The number of carbonyl (C=O) groups is 1. The van der Waals surface area contributed by atoms with Gasteiger partial charge in [-0.05, 0) is 36.7 Å². The largest absolute Gasteiger partial charge is 0.481 e. The Labute approximate surface area is 115 Å². The Morgan fingerprint density at radius 1 is 1.32 bits per heavy atom. The molecule has 1 fully saturated rings. The minimum Gasteiger partial charge on any atom is -0.481 e. The van der Waals surface area contributed by atoms with Gasteiger partial charge in [-0.1, -0.05) is 19.9 Å². The highest BCUT2D eigenvalue weighted by Gasteiger charge is 2.28. The lowest BCUT2D eigenvalue weighted by molar-refractivity contribution is -0.124. The summed E-state index contributed by atoms with van der Waals surface area (Å²) in [5.41, 5.74) is 0.983. The first-order valence-electron chi connectivity index (χ1n) is 7.11. The molecule has 1 aromatic rings. The molecule has 104 valence electrons. The highest BCUT2D eigenvalue weighted by Crippen LogP contribution is 2.34. The molecule has 19 heavy (non-hydrogen) atoms. The number of aromatic nitrogens is 1. The van der Waals surface area contributed by atoms with Gasteiger partial charge in [-0.2, -0.15) is 0 Å². The fraction of sp³-hybridized carbons (Fsp3) is 0.625. The van der Waals surface area contributed by atoms with Gasteiger partial charge in [0.15, 0.2) is 0 Å². The lowest BCUT2D eigenvalue weighted by Crippen LogP contribution is -2.27. The van der Waals surface area contributed by atoms with E-state index in [-0.39, 0.29) is 5.92 Å². The molecule has 1 aliphatic rings. The highest BCUT2D eigenvalue weighted by molar-refractivity contribution is 5.83. The molecular weight excluding hydrogens is 238 g/mol. The summed E-state index contributed by atoms with van der Waals surface area (Å²) in [7, 11) is 1.59. The van der Waals surface area contributed by atoms with Crippen molar-refractivity contribution in [1.82, 2.24) is 4.98 Å². The van der Waals surface area contributed by atoms with Gasteiger partial charge in [0.05, 0.1) is 7.11 Å². The number of ketones is 1. The summed E-state index contributed by atoms with van der Waals surface area (Å²) in [6, 6.07) is 3.74. The smallest absolute Gasteiger partial charge is 0.212 e. The SMILES string of the molecule is COc1ccc(CC(=O)C2CCC(C)C(C)C2)cn1. The van der Waals surface area contributed by atoms with E-state index >= 15 is 0 Å². The van der Waals surface area contributed by atoms with Crippen LogP contribution in [0.15, 0.2) is 18.3 Å². The molecule has 0 aliphatic heterocycles. The van der Waals surface area contributed by atoms with E-state index in [1.807, 2.05) is 12.1 Å². The third kappa shape index (κ3) is 3.55. The van der Waals surface area contributed by atoms with E-state index in [4.69, 9.17) is 4.74 Å². The maximum Gasteiger partial charge on any atom is 0.212 e. The van der Waals surface area contributed by atoms with Crippen molar-refractivity contribution in [1.29, 1.82) is 0 Å². The molecule has 0 spiro atoms. The average Bonchev–Trinajstić information content (AvgIpc) is 2.42. The molecule has 3 unspecified atom stereocenters. The van der Waals surface area contributed by atoms with Gasteiger partial charge in [0.2, 0.25) is 5.88 Å². The quantitative estimate of drug-likeness (QED) is 0.835. The van der Waals surface area contributed by atoms with Gasteiger partial charge in [0.1, 0.15) is 5.78 Å². The van der Waals surface area contributed by atoms with E-state index in [0.29, 0.717) is 24.0 Å². The first kappa shape index (κ1) is 14.0. The first-order chi connectivity index (χ1) is 9.10. The zero-order chi connectivity index (χ0) is 13.8. The van der Waals surface area contributed by atoms with E-state index in [1.54, 1.807) is 13.3 Å². The minimum absolute atomic E-state index is 0.244. The van der Waals surface area contributed by atoms with Crippen LogP contribution in [-0.2, 0) is 11.2 Å². The zero-order valence-electron chi connectivity index (χ0n) is 12.1. The molecule has 0 aromatic carbocycles. The zero-order valence-corrected chi connectivity index (χ0v) is 12.1. The van der Waals surface area contributed by atoms with Crippen molar-refractivity contribution < 1.29 is 9.53 Å². The number of carbonyl (C=O) groups excluding carboxylic acids is 1. The van der Waals surface area contributed by atoms with Crippen LogP contribution in [0.2, 0.25) is 0 Å². The number of Topliss-reactive ketones (excluding diaryl/α,β-unsaturated/α-hetero) is 1. The summed E-state index contributed by atoms with van der Waals surface area (Å²) >= 11 is 0. The van der Waals surface area contributed by atoms with E-state index < -0.39 is 0 Å². The Hall–Kier alpha value is -1.38. The monoisotopic (exact) mass is 261 g/mol. The minimum atomic E-state index is 0.244. The Morgan fingerprint density at radius 2 is 2.11 bits per heavy atom. The van der Waals surface area contributed by atoms with Crippen LogP contribution in [-0.4, -0.2) is 17.9 Å². The second kappa shape index (κ2) is 6.18. The number of nitrogens with zero attached hydrogens (tertiary/aromatic N) is 1. The molecule has 1 saturated carbocycles. The Kier molecular flexibility index (Phi) is 4.56. The average molecular weight is 261 g/mol. The standard InChI is InChI=1S/C16H23NO2/c1-11-4-6-14(8-12(11)2)15(18)9-13-5-7-16(19-3)17-10-13/h5,7,10-12,14H,4,6,8-9H2,1-3H3. The lowest BCUT2D eigenvalue weighted by atomic mass is 9.74. The summed E-state index contributed by atoms with van der Waals surface area (Å²) in [4.78, 5) is 16.5. The van der Waals surface area contributed by atoms with Gasteiger partial charge < -0.3 is 4.74 Å². The molecule has 1 heterocycles.